The van der Waals surface area contributed by atoms with Gasteiger partial charge < -0.3 is 18.0 Å². The molecule has 0 aliphatic carbocycles. The lowest BCUT2D eigenvalue weighted by atomic mass is 9.98. The number of halogens is 3. The van der Waals surface area contributed by atoms with Gasteiger partial charge in [0.25, 0.3) is 0 Å². The highest BCUT2D eigenvalue weighted by atomic mass is 19.2. The summed E-state index contributed by atoms with van der Waals surface area (Å²) in [6.07, 6.45) is 0. The molecule has 4 aromatic heterocycles. The molecule has 0 fully saturated rings. The van der Waals surface area contributed by atoms with Crippen molar-refractivity contribution in [3.8, 4) is 35.7 Å². The lowest BCUT2D eigenvalue weighted by molar-refractivity contribution is 0.503. The predicted octanol–water partition coefficient (Wildman–Crippen LogP) is 14.4. The number of benzene rings is 8. The topological polar surface area (TPSA) is 131 Å². The Kier molecular flexibility index (Phi) is 9.92. The Morgan fingerprint density at radius 1 is 0.431 bits per heavy atom. The van der Waals surface area contributed by atoms with Gasteiger partial charge in [0, 0.05) is 37.7 Å². The molecule has 0 aliphatic heterocycles. The zero-order valence-corrected chi connectivity index (χ0v) is 33.2. The molecular formula is C54H31F3N6O2. The fourth-order valence-corrected chi connectivity index (χ4v) is 9.01. The summed E-state index contributed by atoms with van der Waals surface area (Å²) in [6, 6.07) is 55.5. The molecule has 0 saturated heterocycles. The second-order valence-electron chi connectivity index (χ2n) is 14.6. The number of hydrogen-bond donors (Lipinski definition) is 0. The smallest absolute Gasteiger partial charge is 0.181 e. The van der Waals surface area contributed by atoms with Crippen molar-refractivity contribution in [3.63, 3.8) is 0 Å². The van der Waals surface area contributed by atoms with E-state index >= 15 is 0 Å². The predicted molar refractivity (Wildman–Crippen MR) is 249 cm³/mol. The highest BCUT2D eigenvalue weighted by Gasteiger charge is 2.30. The zero-order valence-electron chi connectivity index (χ0n) is 34.2. The molecular weight excluding hydrogens is 822 g/mol. The third kappa shape index (κ3) is 5.89. The van der Waals surface area contributed by atoms with E-state index in [1.807, 2.05) is 72.8 Å². The molecule has 8 nitrogen and oxygen atoms in total. The van der Waals surface area contributed by atoms with E-state index in [1.165, 1.54) is 0 Å². The molecule has 4 heterocycles. The summed E-state index contributed by atoms with van der Waals surface area (Å²) < 4.78 is 59.1. The fraction of sp³-hybridized carbons (Fsp3) is 0.0370. The summed E-state index contributed by atoms with van der Waals surface area (Å²) in [5, 5.41) is 46.3. The van der Waals surface area contributed by atoms with Crippen LogP contribution in [0, 0.1) is 57.0 Å². The average Bonchev–Trinajstić information content (AvgIpc) is 4.10. The number of nitrogens with zero attached hydrogens (tertiary/aromatic N) is 6. The van der Waals surface area contributed by atoms with Crippen molar-refractivity contribution in [2.24, 2.45) is 0 Å². The first-order chi connectivity index (χ1) is 31.9. The van der Waals surface area contributed by atoms with Crippen LogP contribution >= 0.6 is 0 Å². The highest BCUT2D eigenvalue weighted by Crippen LogP contribution is 2.46. The van der Waals surface area contributed by atoms with Crippen LogP contribution in [0.3, 0.4) is 0 Å². The third-order valence-corrected chi connectivity index (χ3v) is 11.5. The number of fused-ring (bicyclic) bond motifs is 12. The lowest BCUT2D eigenvalue weighted by Gasteiger charge is -2.20. The summed E-state index contributed by atoms with van der Waals surface area (Å²) in [4.78, 5) is 0. The third-order valence-electron chi connectivity index (χ3n) is 11.5. The van der Waals surface area contributed by atoms with Crippen LogP contribution in [0.5, 0.6) is 0 Å². The van der Waals surface area contributed by atoms with Crippen molar-refractivity contribution in [2.45, 2.75) is 7.43 Å². The van der Waals surface area contributed by atoms with Crippen molar-refractivity contribution in [2.75, 3.05) is 7.15 Å². The first-order valence-corrected chi connectivity index (χ1v) is 19.7. The molecule has 0 atom stereocenters. The second kappa shape index (κ2) is 16.2. The number of rotatable bonds is 2. The van der Waals surface area contributed by atoms with Gasteiger partial charge in [0.2, 0.25) is 0 Å². The van der Waals surface area contributed by atoms with Gasteiger partial charge in [-0.05, 0) is 36.4 Å². The Morgan fingerprint density at radius 2 is 0.723 bits per heavy atom. The molecule has 0 aliphatic rings. The van der Waals surface area contributed by atoms with Crippen LogP contribution in [0.4, 0.5) is 13.2 Å². The van der Waals surface area contributed by atoms with E-state index in [4.69, 9.17) is 20.7 Å². The maximum atomic E-state index is 13.8. The van der Waals surface area contributed by atoms with Crippen molar-refractivity contribution in [3.05, 3.63) is 179 Å². The number of nitriles is 4. The molecule has 0 bridgehead atoms. The Hall–Kier alpha value is -9.29. The molecule has 8 aromatic carbocycles. The van der Waals surface area contributed by atoms with Gasteiger partial charge >= 0.3 is 0 Å². The Balaban J connectivity index is 0.000000199. The van der Waals surface area contributed by atoms with Gasteiger partial charge in [-0.3, -0.25) is 4.39 Å². The Morgan fingerprint density at radius 3 is 1.11 bits per heavy atom. The molecule has 0 N–H and O–H groups in total. The van der Waals surface area contributed by atoms with E-state index in [1.54, 1.807) is 36.4 Å². The minimum absolute atomic E-state index is 0. The van der Waals surface area contributed by atoms with Crippen LogP contribution in [0.25, 0.3) is 98.9 Å². The molecule has 0 amide bonds. The van der Waals surface area contributed by atoms with Gasteiger partial charge in [-0.15, -0.1) is 0 Å². The van der Waals surface area contributed by atoms with Crippen LogP contribution < -0.4 is 0 Å². The molecule has 0 unspecified atom stereocenters. The number of hydrogen-bond acceptors (Lipinski definition) is 6. The number of aromatic nitrogens is 2. The summed E-state index contributed by atoms with van der Waals surface area (Å²) in [7, 11) is -1.00. The Labute approximate surface area is 369 Å². The molecule has 0 saturated carbocycles. The SMILES string of the molecule is C.N#Cc1c(-n2c3ccccc3c3ccccc32)c(-n2c3ccccc3c3ccccc32)c(C#N)c2c1oc1ccccc12.N#Cc1c(F)c(F)c(C#N)c2c1oc1ccccc12.[2H]CF. The highest BCUT2D eigenvalue weighted by molar-refractivity contribution is 6.17. The molecule has 65 heavy (non-hydrogen) atoms. The number of alkyl halides is 1. The van der Waals surface area contributed by atoms with E-state index in [-0.39, 0.29) is 18.4 Å². The van der Waals surface area contributed by atoms with E-state index < -0.39 is 29.9 Å². The average molecular weight is 854 g/mol. The monoisotopic (exact) mass is 853 g/mol. The van der Waals surface area contributed by atoms with Gasteiger partial charge in [0.05, 0.1) is 52.9 Å². The number of furan rings is 2. The van der Waals surface area contributed by atoms with Crippen LogP contribution in [-0.2, 0) is 0 Å². The van der Waals surface area contributed by atoms with Crippen LogP contribution in [-0.4, -0.2) is 16.3 Å². The minimum Gasteiger partial charge on any atom is -0.455 e. The maximum absolute atomic E-state index is 13.8. The largest absolute Gasteiger partial charge is 0.455 e. The van der Waals surface area contributed by atoms with E-state index in [0.717, 1.165) is 49.0 Å². The lowest BCUT2D eigenvalue weighted by Crippen LogP contribution is -2.09. The van der Waals surface area contributed by atoms with Gasteiger partial charge in [0.15, 0.2) is 22.8 Å². The first kappa shape index (κ1) is 39.8. The van der Waals surface area contributed by atoms with Crippen LogP contribution in [0.15, 0.2) is 154 Å². The standard InChI is InChI=1S/C38H20N4O.C14H4F2N2O.CH3F.CH4/c39-21-28-35-27-15-5-10-20-34(27)43-38(35)29(22-40)37(42-32-18-8-3-13-25(32)26-14-4-9-19-33(26)42)36(28)41-30-16-6-1-11-23(30)24-12-2-7-17-31(24)41;15-12-8(5-17)11-7-3-1-2-4-10(7)19-14(11)9(6-18)13(12)16;1-2;/h1-20H;1-4H;1H3;1H4/i;;1D;. The molecule has 12 rings (SSSR count). The quantitative estimate of drug-likeness (QED) is 0.170. The molecule has 12 aromatic rings. The van der Waals surface area contributed by atoms with Crippen LogP contribution in [0.1, 0.15) is 31.1 Å². The second-order valence-corrected chi connectivity index (χ2v) is 14.6. The Bertz CT molecular complexity index is 4010. The van der Waals surface area contributed by atoms with Gasteiger partial charge in [-0.1, -0.05) is 117 Å². The minimum atomic E-state index is -1.36. The zero-order chi connectivity index (χ0) is 44.9. The maximum Gasteiger partial charge on any atom is 0.181 e. The summed E-state index contributed by atoms with van der Waals surface area (Å²) in [5.74, 6) is -2.68. The van der Waals surface area contributed by atoms with E-state index in [0.29, 0.717) is 50.0 Å². The van der Waals surface area contributed by atoms with Crippen molar-refractivity contribution < 1.29 is 23.4 Å². The normalized spacial score (nSPS) is 11.1. The van der Waals surface area contributed by atoms with E-state index in [9.17, 15) is 23.7 Å². The fourth-order valence-electron chi connectivity index (χ4n) is 9.01. The van der Waals surface area contributed by atoms with Gasteiger partial charge in [-0.25, -0.2) is 8.78 Å². The van der Waals surface area contributed by atoms with E-state index in [2.05, 4.69) is 69.8 Å². The summed E-state index contributed by atoms with van der Waals surface area (Å²) in [6.45, 7) is 0. The molecule has 0 spiro atoms. The molecule has 11 heteroatoms. The summed E-state index contributed by atoms with van der Waals surface area (Å²) in [5.41, 5.74) is 6.28. The van der Waals surface area contributed by atoms with Crippen molar-refractivity contribution in [1.29, 1.82) is 21.0 Å². The first-order valence-electron chi connectivity index (χ1n) is 20.4. The van der Waals surface area contributed by atoms with Crippen LogP contribution in [0.2, 0.25) is 0 Å². The van der Waals surface area contributed by atoms with Gasteiger partial charge in [0.1, 0.15) is 52.1 Å². The molecule has 0 radical (unpaired) electrons. The molecule has 310 valence electrons. The van der Waals surface area contributed by atoms with Gasteiger partial charge in [-0.2, -0.15) is 21.0 Å². The number of para-hydroxylation sites is 6. The summed E-state index contributed by atoms with van der Waals surface area (Å²) >= 11 is 0. The van der Waals surface area contributed by atoms with Crippen molar-refractivity contribution >= 4 is 87.5 Å². The van der Waals surface area contributed by atoms with Crippen molar-refractivity contribution in [1.82, 2.24) is 9.13 Å².